The highest BCUT2D eigenvalue weighted by Crippen LogP contribution is 2.45. The minimum absolute atomic E-state index is 0.0335. The summed E-state index contributed by atoms with van der Waals surface area (Å²) in [5.41, 5.74) is 0. The zero-order chi connectivity index (χ0) is 11.8. The highest BCUT2D eigenvalue weighted by molar-refractivity contribution is 5.11. The second-order valence-corrected chi connectivity index (χ2v) is 6.40. The molecule has 0 radical (unpaired) electrons. The number of hydrogen-bond acceptors (Lipinski definition) is 2. The minimum Gasteiger partial charge on any atom is -0.393 e. The molecule has 2 saturated carbocycles. The Morgan fingerprint density at radius 2 is 1.88 bits per heavy atom. The molecule has 2 nitrogen and oxygen atoms in total. The molecule has 3 aliphatic rings. The van der Waals surface area contributed by atoms with E-state index in [-0.39, 0.29) is 6.10 Å². The highest BCUT2D eigenvalue weighted by atomic mass is 16.3. The van der Waals surface area contributed by atoms with Crippen LogP contribution in [0.25, 0.3) is 0 Å². The number of aliphatic hydroxyl groups is 1. The number of hydrogen-bond donors (Lipinski definition) is 2. The molecule has 2 heteroatoms. The molecule has 3 rings (SSSR count). The predicted octanol–water partition coefficient (Wildman–Crippen LogP) is 2.48. The Balaban J connectivity index is 1.50. The fourth-order valence-electron chi connectivity index (χ4n) is 4.14. The van der Waals surface area contributed by atoms with Crippen molar-refractivity contribution in [3.8, 4) is 0 Å². The van der Waals surface area contributed by atoms with Gasteiger partial charge in [0.2, 0.25) is 0 Å². The Labute approximate surface area is 104 Å². The van der Waals surface area contributed by atoms with Crippen LogP contribution >= 0.6 is 0 Å². The van der Waals surface area contributed by atoms with Crippen molar-refractivity contribution in [2.75, 3.05) is 0 Å². The van der Waals surface area contributed by atoms with E-state index < -0.39 is 0 Å². The topological polar surface area (TPSA) is 32.3 Å². The Kier molecular flexibility index (Phi) is 3.27. The third-order valence-corrected chi connectivity index (χ3v) is 5.17. The molecule has 4 unspecified atom stereocenters. The summed E-state index contributed by atoms with van der Waals surface area (Å²) in [6.07, 6.45) is 11.9. The zero-order valence-corrected chi connectivity index (χ0v) is 10.8. The quantitative estimate of drug-likeness (QED) is 0.737. The fraction of sp³-hybridized carbons (Fsp3) is 0.867. The first-order chi connectivity index (χ1) is 8.22. The fourth-order valence-corrected chi connectivity index (χ4v) is 4.14. The molecule has 2 N–H and O–H groups in total. The van der Waals surface area contributed by atoms with Crippen molar-refractivity contribution in [3.05, 3.63) is 12.2 Å². The lowest BCUT2D eigenvalue weighted by Crippen LogP contribution is -2.44. The average molecular weight is 235 g/mol. The first-order valence-electron chi connectivity index (χ1n) is 7.35. The van der Waals surface area contributed by atoms with Gasteiger partial charge in [-0.3, -0.25) is 0 Å². The summed E-state index contributed by atoms with van der Waals surface area (Å²) in [6.45, 7) is 2.37. The van der Waals surface area contributed by atoms with E-state index in [1.165, 1.54) is 12.8 Å². The summed E-state index contributed by atoms with van der Waals surface area (Å²) in [5, 5.41) is 13.3. The van der Waals surface area contributed by atoms with Crippen molar-refractivity contribution < 1.29 is 5.11 Å². The van der Waals surface area contributed by atoms with Crippen molar-refractivity contribution in [1.82, 2.24) is 5.32 Å². The van der Waals surface area contributed by atoms with Gasteiger partial charge in [-0.2, -0.15) is 0 Å². The van der Waals surface area contributed by atoms with Crippen LogP contribution in [0.5, 0.6) is 0 Å². The summed E-state index contributed by atoms with van der Waals surface area (Å²) in [6, 6.07) is 1.30. The third-order valence-electron chi connectivity index (χ3n) is 5.17. The molecule has 0 aromatic carbocycles. The van der Waals surface area contributed by atoms with Gasteiger partial charge in [0, 0.05) is 12.1 Å². The van der Waals surface area contributed by atoms with Gasteiger partial charge in [0.1, 0.15) is 0 Å². The van der Waals surface area contributed by atoms with E-state index >= 15 is 0 Å². The molecule has 17 heavy (non-hydrogen) atoms. The molecule has 4 atom stereocenters. The van der Waals surface area contributed by atoms with Crippen LogP contribution in [0, 0.1) is 17.8 Å². The SMILES string of the molecule is CC(NC1CCC(O)CC1)C1CC2C=CC1C2. The predicted molar refractivity (Wildman–Crippen MR) is 69.7 cm³/mol. The second kappa shape index (κ2) is 4.74. The second-order valence-electron chi connectivity index (χ2n) is 6.40. The third kappa shape index (κ3) is 2.43. The molecular weight excluding hydrogens is 210 g/mol. The van der Waals surface area contributed by atoms with Crippen LogP contribution in [0.4, 0.5) is 0 Å². The zero-order valence-electron chi connectivity index (χ0n) is 10.8. The highest BCUT2D eigenvalue weighted by Gasteiger charge is 2.38. The monoisotopic (exact) mass is 235 g/mol. The summed E-state index contributed by atoms with van der Waals surface area (Å²) in [5.74, 6) is 2.58. The smallest absolute Gasteiger partial charge is 0.0541 e. The van der Waals surface area contributed by atoms with Crippen LogP contribution in [-0.2, 0) is 0 Å². The Hall–Kier alpha value is -0.340. The van der Waals surface area contributed by atoms with Gasteiger partial charge in [-0.1, -0.05) is 12.2 Å². The maximum Gasteiger partial charge on any atom is 0.0541 e. The van der Waals surface area contributed by atoms with Crippen LogP contribution in [-0.4, -0.2) is 23.3 Å². The number of nitrogens with one attached hydrogen (secondary N) is 1. The molecule has 96 valence electrons. The molecule has 0 aliphatic heterocycles. The number of rotatable bonds is 3. The maximum atomic E-state index is 9.52. The van der Waals surface area contributed by atoms with Crippen LogP contribution in [0.2, 0.25) is 0 Å². The molecule has 0 saturated heterocycles. The van der Waals surface area contributed by atoms with Crippen molar-refractivity contribution in [2.24, 2.45) is 17.8 Å². The molecule has 0 aromatic rings. The van der Waals surface area contributed by atoms with Gasteiger partial charge in [0.05, 0.1) is 6.10 Å². The van der Waals surface area contributed by atoms with Crippen molar-refractivity contribution in [2.45, 2.75) is 63.6 Å². The summed E-state index contributed by atoms with van der Waals surface area (Å²) >= 11 is 0. The van der Waals surface area contributed by atoms with Gasteiger partial charge in [0.25, 0.3) is 0 Å². The van der Waals surface area contributed by atoms with Crippen molar-refractivity contribution in [3.63, 3.8) is 0 Å². The molecule has 2 bridgehead atoms. The van der Waals surface area contributed by atoms with E-state index in [2.05, 4.69) is 24.4 Å². The molecule has 3 aliphatic carbocycles. The van der Waals surface area contributed by atoms with E-state index in [4.69, 9.17) is 0 Å². The first-order valence-corrected chi connectivity index (χ1v) is 7.35. The molecule has 0 heterocycles. The molecule has 0 amide bonds. The van der Waals surface area contributed by atoms with Gasteiger partial charge >= 0.3 is 0 Å². The number of fused-ring (bicyclic) bond motifs is 2. The van der Waals surface area contributed by atoms with E-state index in [1.54, 1.807) is 0 Å². The lowest BCUT2D eigenvalue weighted by molar-refractivity contribution is 0.111. The van der Waals surface area contributed by atoms with Gasteiger partial charge in [-0.25, -0.2) is 0 Å². The van der Waals surface area contributed by atoms with Crippen LogP contribution in [0.3, 0.4) is 0 Å². The molecule has 2 fully saturated rings. The van der Waals surface area contributed by atoms with E-state index in [1.807, 2.05) is 0 Å². The van der Waals surface area contributed by atoms with E-state index in [0.29, 0.717) is 12.1 Å². The van der Waals surface area contributed by atoms with Crippen molar-refractivity contribution in [1.29, 1.82) is 0 Å². The molecule has 0 aromatic heterocycles. The lowest BCUT2D eigenvalue weighted by Gasteiger charge is -2.33. The Morgan fingerprint density at radius 3 is 2.47 bits per heavy atom. The van der Waals surface area contributed by atoms with Crippen molar-refractivity contribution >= 4 is 0 Å². The number of aliphatic hydroxyl groups excluding tert-OH is 1. The number of allylic oxidation sites excluding steroid dienone is 2. The largest absolute Gasteiger partial charge is 0.393 e. The Bertz CT molecular complexity index is 293. The van der Waals surface area contributed by atoms with Gasteiger partial charge in [0.15, 0.2) is 0 Å². The van der Waals surface area contributed by atoms with E-state index in [9.17, 15) is 5.11 Å². The first kappa shape index (κ1) is 11.7. The van der Waals surface area contributed by atoms with Crippen LogP contribution in [0.1, 0.15) is 45.4 Å². The van der Waals surface area contributed by atoms with Crippen LogP contribution in [0.15, 0.2) is 12.2 Å². The lowest BCUT2D eigenvalue weighted by atomic mass is 9.85. The van der Waals surface area contributed by atoms with Crippen LogP contribution < -0.4 is 5.32 Å². The summed E-state index contributed by atoms with van der Waals surface area (Å²) in [4.78, 5) is 0. The average Bonchev–Trinajstić information content (AvgIpc) is 2.94. The summed E-state index contributed by atoms with van der Waals surface area (Å²) < 4.78 is 0. The van der Waals surface area contributed by atoms with Gasteiger partial charge in [-0.15, -0.1) is 0 Å². The van der Waals surface area contributed by atoms with Gasteiger partial charge in [-0.05, 0) is 63.2 Å². The van der Waals surface area contributed by atoms with Gasteiger partial charge < -0.3 is 10.4 Å². The molecular formula is C15H25NO. The standard InChI is InChI=1S/C15H25NO/c1-10(15-9-11-2-3-12(15)8-11)16-13-4-6-14(17)7-5-13/h2-3,10-17H,4-9H2,1H3. The maximum absolute atomic E-state index is 9.52. The summed E-state index contributed by atoms with van der Waals surface area (Å²) in [7, 11) is 0. The molecule has 0 spiro atoms. The van der Waals surface area contributed by atoms with E-state index in [0.717, 1.165) is 43.4 Å². The normalized spacial score (nSPS) is 46.4. The minimum atomic E-state index is -0.0335. The Morgan fingerprint density at radius 1 is 1.12 bits per heavy atom.